The number of esters is 2. The van der Waals surface area contributed by atoms with Crippen LogP contribution in [0.5, 0.6) is 0 Å². The maximum atomic E-state index is 12.6. The largest absolute Gasteiger partial charge is 0.472 e. The van der Waals surface area contributed by atoms with Gasteiger partial charge >= 0.3 is 19.8 Å². The maximum Gasteiger partial charge on any atom is 0.472 e. The molecule has 0 rings (SSSR count). The smallest absolute Gasteiger partial charge is 0.462 e. The predicted octanol–water partition coefficient (Wildman–Crippen LogP) is 11.5. The number of ether oxygens (including phenoxy) is 2. The van der Waals surface area contributed by atoms with Gasteiger partial charge in [0.05, 0.1) is 19.3 Å². The first-order chi connectivity index (χ1) is 27.2. The molecule has 56 heavy (non-hydrogen) atoms. The van der Waals surface area contributed by atoms with E-state index < -0.39 is 32.5 Å². The lowest BCUT2D eigenvalue weighted by atomic mass is 10.0. The minimum Gasteiger partial charge on any atom is -0.462 e. The molecule has 0 fully saturated rings. The summed E-state index contributed by atoms with van der Waals surface area (Å²) in [4.78, 5) is 34.9. The number of hydrogen-bond donors (Lipinski definition) is 3. The lowest BCUT2D eigenvalue weighted by molar-refractivity contribution is -0.161. The highest BCUT2D eigenvalue weighted by Crippen LogP contribution is 2.43. The van der Waals surface area contributed by atoms with Crippen LogP contribution < -0.4 is 5.73 Å². The molecule has 3 atom stereocenters. The Labute approximate surface area is 341 Å². The van der Waals surface area contributed by atoms with Gasteiger partial charge < -0.3 is 25.2 Å². The highest BCUT2D eigenvalue weighted by Gasteiger charge is 2.26. The van der Waals surface area contributed by atoms with Crippen LogP contribution in [0.1, 0.15) is 174 Å². The molecule has 0 saturated heterocycles. The molecule has 324 valence electrons. The van der Waals surface area contributed by atoms with Gasteiger partial charge in [-0.2, -0.15) is 0 Å². The van der Waals surface area contributed by atoms with Crippen molar-refractivity contribution >= 4 is 19.8 Å². The van der Waals surface area contributed by atoms with E-state index in [0.29, 0.717) is 25.7 Å². The van der Waals surface area contributed by atoms with Crippen LogP contribution in [-0.4, -0.2) is 60.5 Å². The van der Waals surface area contributed by atoms with E-state index in [0.717, 1.165) is 38.5 Å². The molecule has 0 radical (unpaired) electrons. The highest BCUT2D eigenvalue weighted by molar-refractivity contribution is 7.47. The van der Waals surface area contributed by atoms with Crippen LogP contribution in [0.25, 0.3) is 0 Å². The molecule has 4 N–H and O–H groups in total. The Hall–Kier alpha value is -2.33. The van der Waals surface area contributed by atoms with E-state index in [9.17, 15) is 24.2 Å². The van der Waals surface area contributed by atoms with Gasteiger partial charge in [0.1, 0.15) is 6.61 Å². The van der Waals surface area contributed by atoms with Crippen LogP contribution in [0, 0.1) is 0 Å². The number of nitrogens with two attached hydrogens (primary N) is 1. The predicted molar refractivity (Wildman–Crippen MR) is 230 cm³/mol. The fourth-order valence-corrected chi connectivity index (χ4v) is 6.45. The quantitative estimate of drug-likeness (QED) is 0.0179. The van der Waals surface area contributed by atoms with Crippen molar-refractivity contribution in [3.05, 3.63) is 60.8 Å². The first-order valence-corrected chi connectivity index (χ1v) is 23.4. The average molecular weight is 810 g/mol. The Morgan fingerprint density at radius 2 is 1.12 bits per heavy atom. The number of phosphoric acid groups is 1. The molecule has 0 spiro atoms. The molecule has 0 bridgehead atoms. The van der Waals surface area contributed by atoms with Gasteiger partial charge in [-0.05, 0) is 44.9 Å². The van der Waals surface area contributed by atoms with Crippen LogP contribution in [0.15, 0.2) is 60.8 Å². The van der Waals surface area contributed by atoms with E-state index in [1.807, 2.05) is 31.2 Å². The molecular formula is C45H80NO9P. The van der Waals surface area contributed by atoms with Gasteiger partial charge in [0.15, 0.2) is 6.10 Å². The molecule has 10 nitrogen and oxygen atoms in total. The summed E-state index contributed by atoms with van der Waals surface area (Å²) >= 11 is 0. The Morgan fingerprint density at radius 1 is 0.625 bits per heavy atom. The number of allylic oxidation sites excluding steroid dienone is 9. The molecule has 1 unspecified atom stereocenters. The SMILES string of the molecule is CCCCCCCCCCCCCCCCCCCC(=O)O[C@H](COC(=O)CCC/C=C\C/C=C\C/C=C\C/C=C\C=C\[C@@H](O)CC)COP(=O)(O)OCCN. The summed E-state index contributed by atoms with van der Waals surface area (Å²) in [6, 6.07) is 0. The molecule has 0 saturated carbocycles. The maximum absolute atomic E-state index is 12.6. The van der Waals surface area contributed by atoms with Crippen molar-refractivity contribution in [2.24, 2.45) is 5.73 Å². The molecule has 0 heterocycles. The second kappa shape index (κ2) is 40.9. The van der Waals surface area contributed by atoms with E-state index in [1.54, 1.807) is 6.08 Å². The lowest BCUT2D eigenvalue weighted by Gasteiger charge is -2.19. The molecule has 0 aliphatic rings. The Kier molecular flexibility index (Phi) is 39.2. The number of carbonyl (C=O) groups is 2. The lowest BCUT2D eigenvalue weighted by Crippen LogP contribution is -2.29. The number of aliphatic hydroxyl groups is 1. The fourth-order valence-electron chi connectivity index (χ4n) is 5.68. The zero-order valence-corrected chi connectivity index (χ0v) is 36.1. The van der Waals surface area contributed by atoms with Crippen molar-refractivity contribution < 1.29 is 42.7 Å². The van der Waals surface area contributed by atoms with E-state index >= 15 is 0 Å². The number of unbranched alkanes of at least 4 members (excludes halogenated alkanes) is 17. The number of carbonyl (C=O) groups excluding carboxylic acids is 2. The van der Waals surface area contributed by atoms with Gasteiger partial charge in [-0.25, -0.2) is 4.57 Å². The topological polar surface area (TPSA) is 155 Å². The summed E-state index contributed by atoms with van der Waals surface area (Å²) in [6.45, 7) is 3.33. The van der Waals surface area contributed by atoms with E-state index in [2.05, 4.69) is 37.3 Å². The molecule has 0 aromatic heterocycles. The monoisotopic (exact) mass is 810 g/mol. The standard InChI is InChI=1S/C45H80NO9P/c1-3-5-6-7-8-9-10-11-12-13-14-19-22-25-28-31-34-37-45(49)55-43(41-54-56(50,51)53-39-38-46)40-52-44(48)36-33-30-27-24-21-18-16-15-17-20-23-26-29-32-35-42(47)4-2/h16-18,20,24,26-27,29,32,35,42-43,47H,3-15,19,21-23,25,28,30-31,33-34,36-41,46H2,1-2H3,(H,50,51)/b18-16-,20-17-,27-24-,29-26-,35-32+/t42-,43+/m0/s1. The van der Waals surface area contributed by atoms with Gasteiger partial charge in [0.2, 0.25) is 0 Å². The molecule has 0 aromatic carbocycles. The van der Waals surface area contributed by atoms with Gasteiger partial charge in [0.25, 0.3) is 0 Å². The van der Waals surface area contributed by atoms with E-state index in [4.69, 9.17) is 24.3 Å². The van der Waals surface area contributed by atoms with Crippen LogP contribution in [0.4, 0.5) is 0 Å². The van der Waals surface area contributed by atoms with Crippen LogP contribution in [-0.2, 0) is 32.7 Å². The van der Waals surface area contributed by atoms with Crippen molar-refractivity contribution in [1.82, 2.24) is 0 Å². The second-order valence-corrected chi connectivity index (χ2v) is 15.8. The summed E-state index contributed by atoms with van der Waals surface area (Å²) in [5.74, 6) is -0.915. The normalized spacial score (nSPS) is 14.4. The number of phosphoric ester groups is 1. The average Bonchev–Trinajstić information content (AvgIpc) is 3.18. The first kappa shape index (κ1) is 53.7. The Balaban J connectivity index is 4.25. The molecule has 11 heteroatoms. The summed E-state index contributed by atoms with van der Waals surface area (Å²) in [5, 5.41) is 9.47. The number of aliphatic hydroxyl groups excluding tert-OH is 1. The molecule has 0 amide bonds. The van der Waals surface area contributed by atoms with Gasteiger partial charge in [-0.15, -0.1) is 0 Å². The summed E-state index contributed by atoms with van der Waals surface area (Å²) in [5.41, 5.74) is 5.34. The number of hydrogen-bond acceptors (Lipinski definition) is 9. The van der Waals surface area contributed by atoms with Gasteiger partial charge in [0, 0.05) is 19.4 Å². The Morgan fingerprint density at radius 3 is 1.66 bits per heavy atom. The third kappa shape index (κ3) is 39.9. The third-order valence-electron chi connectivity index (χ3n) is 9.08. The van der Waals surface area contributed by atoms with Crippen molar-refractivity contribution in [3.8, 4) is 0 Å². The fraction of sp³-hybridized carbons (Fsp3) is 0.733. The molecule has 0 aliphatic carbocycles. The van der Waals surface area contributed by atoms with Gasteiger partial charge in [-0.1, -0.05) is 177 Å². The molecule has 0 aliphatic heterocycles. The molecular weight excluding hydrogens is 729 g/mol. The van der Waals surface area contributed by atoms with Crippen LogP contribution in [0.2, 0.25) is 0 Å². The number of rotatable bonds is 40. The first-order valence-electron chi connectivity index (χ1n) is 21.9. The summed E-state index contributed by atoms with van der Waals surface area (Å²) < 4.78 is 32.7. The van der Waals surface area contributed by atoms with Crippen molar-refractivity contribution in [3.63, 3.8) is 0 Å². The van der Waals surface area contributed by atoms with Crippen molar-refractivity contribution in [2.75, 3.05) is 26.4 Å². The second-order valence-electron chi connectivity index (χ2n) is 14.4. The van der Waals surface area contributed by atoms with Crippen LogP contribution in [0.3, 0.4) is 0 Å². The van der Waals surface area contributed by atoms with Crippen LogP contribution >= 0.6 is 7.82 Å². The minimum atomic E-state index is -4.40. The Bertz CT molecular complexity index is 1120. The molecule has 0 aromatic rings. The summed E-state index contributed by atoms with van der Waals surface area (Å²) in [7, 11) is -4.40. The summed E-state index contributed by atoms with van der Waals surface area (Å²) in [6.07, 6.45) is 44.9. The van der Waals surface area contributed by atoms with Crippen molar-refractivity contribution in [2.45, 2.75) is 187 Å². The zero-order valence-electron chi connectivity index (χ0n) is 35.2. The van der Waals surface area contributed by atoms with Crippen molar-refractivity contribution in [1.29, 1.82) is 0 Å². The third-order valence-corrected chi connectivity index (χ3v) is 10.1. The highest BCUT2D eigenvalue weighted by atomic mass is 31.2. The van der Waals surface area contributed by atoms with Gasteiger partial charge in [-0.3, -0.25) is 18.6 Å². The van der Waals surface area contributed by atoms with E-state index in [-0.39, 0.29) is 38.7 Å². The zero-order chi connectivity index (χ0) is 41.2. The van der Waals surface area contributed by atoms with E-state index in [1.165, 1.54) is 83.5 Å². The minimum absolute atomic E-state index is 0.0389.